The highest BCUT2D eigenvalue weighted by Gasteiger charge is 2.13. The van der Waals surface area contributed by atoms with Gasteiger partial charge in [-0.15, -0.1) is 0 Å². The van der Waals surface area contributed by atoms with E-state index in [1.165, 1.54) is 0 Å². The predicted octanol–water partition coefficient (Wildman–Crippen LogP) is 2.85. The Bertz CT molecular complexity index is 856. The molecule has 3 aromatic rings. The first-order valence-corrected chi connectivity index (χ1v) is 7.35. The highest BCUT2D eigenvalue weighted by atomic mass is 16.5. The number of aromatic amines is 1. The minimum Gasteiger partial charge on any atom is -0.496 e. The van der Waals surface area contributed by atoms with Gasteiger partial charge < -0.3 is 4.74 Å². The molecule has 1 heterocycles. The molecule has 0 spiro atoms. The second-order valence-electron chi connectivity index (χ2n) is 4.98. The Balaban J connectivity index is 1.71. The number of carbonyl (C=O) groups is 1. The van der Waals surface area contributed by atoms with Gasteiger partial charge in [0.1, 0.15) is 11.4 Å². The summed E-state index contributed by atoms with van der Waals surface area (Å²) >= 11 is 0. The highest BCUT2D eigenvalue weighted by molar-refractivity contribution is 5.94. The van der Waals surface area contributed by atoms with Crippen LogP contribution >= 0.6 is 0 Å². The number of nitrogens with one attached hydrogen (secondary N) is 2. The van der Waals surface area contributed by atoms with E-state index in [0.717, 1.165) is 11.1 Å². The molecule has 2 aromatic carbocycles. The van der Waals surface area contributed by atoms with Crippen LogP contribution in [0.2, 0.25) is 0 Å². The van der Waals surface area contributed by atoms with Crippen molar-refractivity contribution in [1.82, 2.24) is 15.6 Å². The standard InChI is InChI=1S/C18H16N4O2/c1-24-17-10-6-5-9-14(17)15-11-16(21-20-15)18(23)22-19-12-13-7-3-2-4-8-13/h2-12H,1H3,(H,20,21)(H,22,23)/b19-12-. The maximum absolute atomic E-state index is 12.1. The van der Waals surface area contributed by atoms with Gasteiger partial charge in [0.05, 0.1) is 19.0 Å². The fourth-order valence-electron chi connectivity index (χ4n) is 2.20. The van der Waals surface area contributed by atoms with Crippen molar-refractivity contribution in [2.24, 2.45) is 5.10 Å². The van der Waals surface area contributed by atoms with Crippen LogP contribution in [-0.2, 0) is 0 Å². The number of para-hydroxylation sites is 1. The summed E-state index contributed by atoms with van der Waals surface area (Å²) in [7, 11) is 1.59. The minimum atomic E-state index is -0.365. The molecular formula is C18H16N4O2. The molecule has 0 aliphatic carbocycles. The van der Waals surface area contributed by atoms with E-state index in [9.17, 15) is 4.79 Å². The number of aromatic nitrogens is 2. The number of carbonyl (C=O) groups excluding carboxylic acids is 1. The number of rotatable bonds is 5. The molecule has 0 atom stereocenters. The fraction of sp³-hybridized carbons (Fsp3) is 0.0556. The number of nitrogens with zero attached hydrogens (tertiary/aromatic N) is 2. The smallest absolute Gasteiger partial charge is 0.289 e. The first kappa shape index (κ1) is 15.5. The summed E-state index contributed by atoms with van der Waals surface area (Å²) in [6.45, 7) is 0. The van der Waals surface area contributed by atoms with Crippen molar-refractivity contribution in [1.29, 1.82) is 0 Å². The summed E-state index contributed by atoms with van der Waals surface area (Å²) < 4.78 is 5.31. The van der Waals surface area contributed by atoms with Crippen molar-refractivity contribution in [2.75, 3.05) is 7.11 Å². The van der Waals surface area contributed by atoms with Gasteiger partial charge in [-0.25, -0.2) is 5.43 Å². The zero-order chi connectivity index (χ0) is 16.8. The predicted molar refractivity (Wildman–Crippen MR) is 92.1 cm³/mol. The molecule has 0 saturated carbocycles. The van der Waals surface area contributed by atoms with Gasteiger partial charge in [0.25, 0.3) is 5.91 Å². The van der Waals surface area contributed by atoms with Crippen LogP contribution in [0.25, 0.3) is 11.3 Å². The largest absolute Gasteiger partial charge is 0.496 e. The van der Waals surface area contributed by atoms with Crippen molar-refractivity contribution in [3.63, 3.8) is 0 Å². The lowest BCUT2D eigenvalue weighted by atomic mass is 10.1. The third-order valence-corrected chi connectivity index (χ3v) is 3.38. The van der Waals surface area contributed by atoms with Gasteiger partial charge in [0.15, 0.2) is 0 Å². The van der Waals surface area contributed by atoms with Crippen LogP contribution in [0, 0.1) is 0 Å². The van der Waals surface area contributed by atoms with Gasteiger partial charge in [-0.1, -0.05) is 42.5 Å². The lowest BCUT2D eigenvalue weighted by molar-refractivity contribution is 0.0950. The minimum absolute atomic E-state index is 0.320. The lowest BCUT2D eigenvalue weighted by Gasteiger charge is -2.04. The van der Waals surface area contributed by atoms with Gasteiger partial charge in [0, 0.05) is 5.56 Å². The van der Waals surface area contributed by atoms with Crippen LogP contribution in [0.4, 0.5) is 0 Å². The highest BCUT2D eigenvalue weighted by Crippen LogP contribution is 2.28. The van der Waals surface area contributed by atoms with Gasteiger partial charge in [-0.3, -0.25) is 9.89 Å². The Labute approximate surface area is 139 Å². The number of amides is 1. The number of hydrazone groups is 1. The van der Waals surface area contributed by atoms with Gasteiger partial charge in [-0.05, 0) is 23.8 Å². The van der Waals surface area contributed by atoms with Gasteiger partial charge in [-0.2, -0.15) is 10.2 Å². The molecule has 2 N–H and O–H groups in total. The fourth-order valence-corrected chi connectivity index (χ4v) is 2.20. The van der Waals surface area contributed by atoms with E-state index in [-0.39, 0.29) is 5.91 Å². The quantitative estimate of drug-likeness (QED) is 0.560. The average molecular weight is 320 g/mol. The number of benzene rings is 2. The molecule has 1 aromatic heterocycles. The lowest BCUT2D eigenvalue weighted by Crippen LogP contribution is -2.17. The molecule has 0 fully saturated rings. The number of H-pyrrole nitrogens is 1. The van der Waals surface area contributed by atoms with E-state index in [2.05, 4.69) is 20.7 Å². The van der Waals surface area contributed by atoms with Gasteiger partial charge >= 0.3 is 0 Å². The van der Waals surface area contributed by atoms with Crippen LogP contribution < -0.4 is 10.2 Å². The van der Waals surface area contributed by atoms with Crippen molar-refractivity contribution < 1.29 is 9.53 Å². The van der Waals surface area contributed by atoms with Crippen molar-refractivity contribution >= 4 is 12.1 Å². The molecule has 6 heteroatoms. The zero-order valence-corrected chi connectivity index (χ0v) is 13.1. The summed E-state index contributed by atoms with van der Waals surface area (Å²) in [6.07, 6.45) is 1.58. The second-order valence-corrected chi connectivity index (χ2v) is 4.98. The first-order chi connectivity index (χ1) is 11.8. The molecule has 0 aliphatic heterocycles. The molecule has 1 amide bonds. The van der Waals surface area contributed by atoms with E-state index in [4.69, 9.17) is 4.74 Å². The first-order valence-electron chi connectivity index (χ1n) is 7.35. The Kier molecular flexibility index (Phi) is 4.67. The van der Waals surface area contributed by atoms with E-state index >= 15 is 0 Å². The summed E-state index contributed by atoms with van der Waals surface area (Å²) in [5.74, 6) is 0.328. The number of methoxy groups -OCH3 is 1. The molecule has 0 bridgehead atoms. The molecular weight excluding hydrogens is 304 g/mol. The molecule has 0 radical (unpaired) electrons. The van der Waals surface area contributed by atoms with Crippen molar-refractivity contribution in [2.45, 2.75) is 0 Å². The Morgan fingerprint density at radius 3 is 2.71 bits per heavy atom. The molecule has 3 rings (SSSR count). The Morgan fingerprint density at radius 2 is 1.92 bits per heavy atom. The summed E-state index contributed by atoms with van der Waals surface area (Å²) in [6, 6.07) is 18.6. The van der Waals surface area contributed by atoms with E-state index < -0.39 is 0 Å². The van der Waals surface area contributed by atoms with Crippen LogP contribution in [0.3, 0.4) is 0 Å². The maximum Gasteiger partial charge on any atom is 0.289 e. The Hall–Kier alpha value is -3.41. The average Bonchev–Trinajstić information content (AvgIpc) is 3.12. The number of hydrogen-bond acceptors (Lipinski definition) is 4. The third kappa shape index (κ3) is 3.49. The summed E-state index contributed by atoms with van der Waals surface area (Å²) in [5, 5.41) is 10.8. The Morgan fingerprint density at radius 1 is 1.17 bits per heavy atom. The third-order valence-electron chi connectivity index (χ3n) is 3.38. The second kappa shape index (κ2) is 7.23. The monoisotopic (exact) mass is 320 g/mol. The van der Waals surface area contributed by atoms with Crippen LogP contribution in [0.1, 0.15) is 16.1 Å². The van der Waals surface area contributed by atoms with Crippen molar-refractivity contribution in [3.8, 4) is 17.0 Å². The van der Waals surface area contributed by atoms with Gasteiger partial charge in [0.2, 0.25) is 0 Å². The summed E-state index contributed by atoms with van der Waals surface area (Å²) in [4.78, 5) is 12.1. The molecule has 24 heavy (non-hydrogen) atoms. The molecule has 120 valence electrons. The topological polar surface area (TPSA) is 79.4 Å². The number of ether oxygens (including phenoxy) is 1. The SMILES string of the molecule is COc1ccccc1-c1cc(C(=O)N/N=C\c2ccccc2)[nH]n1. The molecule has 6 nitrogen and oxygen atoms in total. The number of hydrogen-bond donors (Lipinski definition) is 2. The normalized spacial score (nSPS) is 10.7. The van der Waals surface area contributed by atoms with Crippen LogP contribution in [-0.4, -0.2) is 29.4 Å². The van der Waals surface area contributed by atoms with Crippen molar-refractivity contribution in [3.05, 3.63) is 71.9 Å². The van der Waals surface area contributed by atoms with Crippen LogP contribution in [0.15, 0.2) is 65.8 Å². The van der Waals surface area contributed by atoms with E-state index in [0.29, 0.717) is 17.1 Å². The maximum atomic E-state index is 12.1. The van der Waals surface area contributed by atoms with E-state index in [1.807, 2.05) is 54.6 Å². The molecule has 0 saturated heterocycles. The van der Waals surface area contributed by atoms with Crippen LogP contribution in [0.5, 0.6) is 5.75 Å². The zero-order valence-electron chi connectivity index (χ0n) is 13.1. The summed E-state index contributed by atoms with van der Waals surface area (Å²) in [5.41, 5.74) is 5.13. The molecule has 0 aliphatic rings. The van der Waals surface area contributed by atoms with E-state index in [1.54, 1.807) is 19.4 Å². The molecule has 0 unspecified atom stereocenters.